The number of benzene rings is 6. The summed E-state index contributed by atoms with van der Waals surface area (Å²) in [6.07, 6.45) is 0. The first kappa shape index (κ1) is 42.8. The predicted octanol–water partition coefficient (Wildman–Crippen LogP) is 3.91. The van der Waals surface area contributed by atoms with Crippen LogP contribution in [0.1, 0.15) is 62.1 Å². The van der Waals surface area contributed by atoms with Gasteiger partial charge < -0.3 is 45.7 Å². The summed E-state index contributed by atoms with van der Waals surface area (Å²) in [7, 11) is 0. The normalized spacial score (nSPS) is 9.60. The first-order chi connectivity index (χ1) is 26.0. The largest absolute Gasteiger partial charge is 3.00 e. The Morgan fingerprint density at radius 1 is 0.291 bits per heavy atom. The fraction of sp³-hybridized carbons (Fsp3) is 0. The molecule has 0 aromatic heterocycles. The van der Waals surface area contributed by atoms with Gasteiger partial charge in [-0.05, 0) is 54.6 Å². The zero-order valence-corrected chi connectivity index (χ0v) is 30.4. The summed E-state index contributed by atoms with van der Waals surface area (Å²) in [6, 6.07) is 44.3. The van der Waals surface area contributed by atoms with Crippen molar-refractivity contribution < 1.29 is 81.4 Å². The van der Waals surface area contributed by atoms with Crippen LogP contribution < -0.4 is 31.3 Å². The second-order valence-electron chi connectivity index (χ2n) is 11.0. The predicted molar refractivity (Wildman–Crippen MR) is 196 cm³/mol. The van der Waals surface area contributed by atoms with Gasteiger partial charge in [0.25, 0.3) is 17.7 Å². The third-order valence-electron chi connectivity index (χ3n) is 7.27. The van der Waals surface area contributed by atoms with Gasteiger partial charge in [0.2, 0.25) is 0 Å². The summed E-state index contributed by atoms with van der Waals surface area (Å²) in [5, 5.41) is 40.5. The number of carboxylic acid groups (broad SMARTS) is 3. The standard InChI is InChI=1S/3C14H11NO3.Er/c3*16-13(15-10-6-2-1-3-7-10)11-8-4-5-9-12(11)14(17)18;/h3*1-9H,(H,15,16)(H,17,18);/q;;;+3/p-3. The number of hydrogen-bond acceptors (Lipinski definition) is 9. The van der Waals surface area contributed by atoms with E-state index in [2.05, 4.69) is 16.0 Å². The molecular weight excluding hydrogens is 858 g/mol. The number of carbonyl (C=O) groups excluding carboxylic acids is 6. The maximum atomic E-state index is 11.9. The number of anilines is 3. The van der Waals surface area contributed by atoms with E-state index in [0.717, 1.165) is 0 Å². The van der Waals surface area contributed by atoms with Gasteiger partial charge in [0, 0.05) is 50.4 Å². The Morgan fingerprint density at radius 3 is 0.673 bits per heavy atom. The molecule has 0 heterocycles. The van der Waals surface area contributed by atoms with Gasteiger partial charge in [0.1, 0.15) is 0 Å². The van der Waals surface area contributed by atoms with Crippen molar-refractivity contribution in [3.8, 4) is 0 Å². The van der Waals surface area contributed by atoms with E-state index in [4.69, 9.17) is 0 Å². The summed E-state index contributed by atoms with van der Waals surface area (Å²) in [4.78, 5) is 68.5. The average Bonchev–Trinajstić information content (AvgIpc) is 3.19. The maximum absolute atomic E-state index is 11.9. The Labute approximate surface area is 345 Å². The van der Waals surface area contributed by atoms with Gasteiger partial charge in [-0.3, -0.25) is 14.4 Å². The van der Waals surface area contributed by atoms with Crippen LogP contribution in [0.5, 0.6) is 0 Å². The van der Waals surface area contributed by atoms with Crippen LogP contribution in [-0.2, 0) is 0 Å². The molecule has 55 heavy (non-hydrogen) atoms. The van der Waals surface area contributed by atoms with Crippen LogP contribution in [0.25, 0.3) is 0 Å². The SMILES string of the molecule is O=C([O-])c1ccccc1C(=O)Nc1ccccc1.O=C([O-])c1ccccc1C(=O)Nc1ccccc1.O=C([O-])c1ccccc1C(=O)Nc1ccccc1.[Er+3]. The molecule has 1 radical (unpaired) electrons. The van der Waals surface area contributed by atoms with E-state index in [1.807, 2.05) is 18.2 Å². The number of nitrogens with one attached hydrogen (secondary N) is 3. The van der Waals surface area contributed by atoms with Gasteiger partial charge >= 0.3 is 37.3 Å². The number of amides is 3. The van der Waals surface area contributed by atoms with Gasteiger partial charge in [0.15, 0.2) is 0 Å². The number of aromatic carboxylic acids is 3. The van der Waals surface area contributed by atoms with Crippen LogP contribution >= 0.6 is 0 Å². The number of para-hydroxylation sites is 3. The number of carbonyl (C=O) groups is 6. The molecule has 6 rings (SSSR count). The number of carboxylic acids is 3. The van der Waals surface area contributed by atoms with E-state index < -0.39 is 35.6 Å². The van der Waals surface area contributed by atoms with E-state index in [1.165, 1.54) is 36.4 Å². The average molecular weight is 888 g/mol. The van der Waals surface area contributed by atoms with Crippen molar-refractivity contribution in [3.63, 3.8) is 0 Å². The van der Waals surface area contributed by atoms with Crippen molar-refractivity contribution in [1.29, 1.82) is 0 Å². The topological polar surface area (TPSA) is 208 Å². The van der Waals surface area contributed by atoms with Crippen LogP contribution in [0.3, 0.4) is 0 Å². The quantitative estimate of drug-likeness (QED) is 0.192. The van der Waals surface area contributed by atoms with Crippen LogP contribution in [-0.4, -0.2) is 35.6 Å². The van der Waals surface area contributed by atoms with Crippen molar-refractivity contribution in [1.82, 2.24) is 0 Å². The van der Waals surface area contributed by atoms with Gasteiger partial charge in [-0.1, -0.05) is 109 Å². The molecule has 3 N–H and O–H groups in total. The first-order valence-electron chi connectivity index (χ1n) is 16.1. The molecule has 0 atom stereocenters. The fourth-order valence-corrected chi connectivity index (χ4v) is 4.74. The molecule has 0 unspecified atom stereocenters. The van der Waals surface area contributed by atoms with Crippen LogP contribution in [0.15, 0.2) is 164 Å². The van der Waals surface area contributed by atoms with Crippen molar-refractivity contribution in [2.75, 3.05) is 16.0 Å². The first-order valence-corrected chi connectivity index (χ1v) is 16.1. The monoisotopic (exact) mass is 886 g/mol. The molecule has 6 aromatic carbocycles. The number of rotatable bonds is 9. The molecule has 0 fully saturated rings. The van der Waals surface area contributed by atoms with Gasteiger partial charge in [-0.2, -0.15) is 0 Å². The molecule has 0 bridgehead atoms. The molecule has 13 heteroatoms. The van der Waals surface area contributed by atoms with E-state index >= 15 is 0 Å². The summed E-state index contributed by atoms with van der Waals surface area (Å²) in [5.74, 6) is -5.51. The van der Waals surface area contributed by atoms with Gasteiger partial charge in [-0.25, -0.2) is 0 Å². The third-order valence-corrected chi connectivity index (χ3v) is 7.27. The van der Waals surface area contributed by atoms with Gasteiger partial charge in [-0.15, -0.1) is 0 Å². The molecule has 12 nitrogen and oxygen atoms in total. The molecule has 3 amide bonds. The van der Waals surface area contributed by atoms with Crippen molar-refractivity contribution in [2.45, 2.75) is 0 Å². The summed E-state index contributed by atoms with van der Waals surface area (Å²) < 4.78 is 0. The maximum Gasteiger partial charge on any atom is 3.00 e. The van der Waals surface area contributed by atoms with Crippen molar-refractivity contribution in [2.24, 2.45) is 0 Å². The smallest absolute Gasteiger partial charge is 0.545 e. The van der Waals surface area contributed by atoms with E-state index in [1.54, 1.807) is 109 Å². The van der Waals surface area contributed by atoms with E-state index in [0.29, 0.717) is 17.1 Å². The molecular formula is C42H30ErN3O9. The molecule has 0 saturated heterocycles. The number of hydrogen-bond donors (Lipinski definition) is 3. The van der Waals surface area contributed by atoms with Crippen molar-refractivity contribution in [3.05, 3.63) is 197 Å². The second kappa shape index (κ2) is 21.8. The minimum Gasteiger partial charge on any atom is -0.545 e. The van der Waals surface area contributed by atoms with E-state index in [9.17, 15) is 44.1 Å². The fourth-order valence-electron chi connectivity index (χ4n) is 4.74. The summed E-state index contributed by atoms with van der Waals surface area (Å²) in [5.41, 5.74) is 1.72. The van der Waals surface area contributed by atoms with E-state index in [-0.39, 0.29) is 70.7 Å². The van der Waals surface area contributed by atoms with Crippen LogP contribution in [0.4, 0.5) is 17.1 Å². The summed E-state index contributed by atoms with van der Waals surface area (Å²) >= 11 is 0. The Morgan fingerprint density at radius 2 is 0.473 bits per heavy atom. The zero-order chi connectivity index (χ0) is 38.9. The zero-order valence-electron chi connectivity index (χ0n) is 28.6. The third kappa shape index (κ3) is 13.1. The Kier molecular flexibility index (Phi) is 17.0. The molecule has 0 spiro atoms. The minimum absolute atomic E-state index is 0. The molecule has 6 aromatic rings. The molecule has 279 valence electrons. The van der Waals surface area contributed by atoms with Crippen molar-refractivity contribution >= 4 is 52.7 Å². The second-order valence-corrected chi connectivity index (χ2v) is 11.0. The summed E-state index contributed by atoms with van der Waals surface area (Å²) in [6.45, 7) is 0. The Balaban J connectivity index is 0.000000220. The van der Waals surface area contributed by atoms with Gasteiger partial charge in [0.05, 0.1) is 17.9 Å². The molecule has 0 saturated carbocycles. The molecule has 0 aliphatic carbocycles. The Bertz CT molecular complexity index is 2000. The minimum atomic E-state index is -1.37. The van der Waals surface area contributed by atoms with Crippen LogP contribution in [0.2, 0.25) is 0 Å². The Hall–Kier alpha value is -6.61. The molecule has 0 aliphatic rings. The molecule has 0 aliphatic heterocycles. The van der Waals surface area contributed by atoms with Crippen LogP contribution in [0, 0.1) is 37.3 Å².